The van der Waals surface area contributed by atoms with Crippen molar-refractivity contribution in [2.75, 3.05) is 34.4 Å². The monoisotopic (exact) mass is 338 g/mol. The summed E-state index contributed by atoms with van der Waals surface area (Å²) in [5.41, 5.74) is 0.868. The predicted molar refractivity (Wildman–Crippen MR) is 90.1 cm³/mol. The van der Waals surface area contributed by atoms with Crippen LogP contribution in [0.1, 0.15) is 19.4 Å². The van der Waals surface area contributed by atoms with Gasteiger partial charge in [0.05, 0.1) is 34.4 Å². The summed E-state index contributed by atoms with van der Waals surface area (Å²) in [6, 6.07) is 5.48. The molecular formula is C17H26N2O5. The van der Waals surface area contributed by atoms with E-state index in [-0.39, 0.29) is 25.0 Å². The van der Waals surface area contributed by atoms with Gasteiger partial charge in [0.15, 0.2) is 0 Å². The van der Waals surface area contributed by atoms with E-state index in [9.17, 15) is 9.59 Å². The van der Waals surface area contributed by atoms with Crippen LogP contribution in [0.2, 0.25) is 0 Å². The molecule has 7 nitrogen and oxygen atoms in total. The normalized spacial score (nSPS) is 10.6. The molecular weight excluding hydrogens is 312 g/mol. The molecule has 24 heavy (non-hydrogen) atoms. The number of hydrogen-bond donors (Lipinski definition) is 1. The van der Waals surface area contributed by atoms with Crippen molar-refractivity contribution in [3.05, 3.63) is 23.8 Å². The number of carbonyl (C=O) groups is 2. The van der Waals surface area contributed by atoms with Crippen LogP contribution in [0.25, 0.3) is 0 Å². The van der Waals surface area contributed by atoms with Gasteiger partial charge in [0.25, 0.3) is 0 Å². The number of amides is 1. The largest absolute Gasteiger partial charge is 0.497 e. The molecule has 1 rings (SSSR count). The van der Waals surface area contributed by atoms with E-state index in [0.717, 1.165) is 5.56 Å². The minimum Gasteiger partial charge on any atom is -0.497 e. The fraction of sp³-hybridized carbons (Fsp3) is 0.529. The molecule has 1 aromatic carbocycles. The third-order valence-corrected chi connectivity index (χ3v) is 3.21. The fourth-order valence-electron chi connectivity index (χ4n) is 2.20. The van der Waals surface area contributed by atoms with Gasteiger partial charge in [0, 0.05) is 18.7 Å². The Bertz CT molecular complexity index is 538. The first kappa shape index (κ1) is 19.8. The van der Waals surface area contributed by atoms with Crippen molar-refractivity contribution in [2.24, 2.45) is 0 Å². The van der Waals surface area contributed by atoms with Crippen molar-refractivity contribution < 1.29 is 23.8 Å². The number of nitrogens with zero attached hydrogens (tertiary/aromatic N) is 1. The van der Waals surface area contributed by atoms with Gasteiger partial charge in [-0.15, -0.1) is 0 Å². The van der Waals surface area contributed by atoms with Gasteiger partial charge in [-0.2, -0.15) is 0 Å². The highest BCUT2D eigenvalue weighted by atomic mass is 16.5. The average molecular weight is 338 g/mol. The van der Waals surface area contributed by atoms with Crippen LogP contribution in [-0.4, -0.2) is 57.2 Å². The lowest BCUT2D eigenvalue weighted by Crippen LogP contribution is -2.41. The highest BCUT2D eigenvalue weighted by Crippen LogP contribution is 2.23. The van der Waals surface area contributed by atoms with Crippen molar-refractivity contribution in [1.82, 2.24) is 10.2 Å². The van der Waals surface area contributed by atoms with Crippen molar-refractivity contribution in [3.8, 4) is 11.5 Å². The van der Waals surface area contributed by atoms with E-state index < -0.39 is 5.97 Å². The third kappa shape index (κ3) is 6.87. The SMILES string of the molecule is COC(=O)CN(CC(=O)NC(C)C)Cc1cc(OC)cc(OC)c1. The summed E-state index contributed by atoms with van der Waals surface area (Å²) in [4.78, 5) is 25.3. The van der Waals surface area contributed by atoms with E-state index in [4.69, 9.17) is 14.2 Å². The molecule has 0 atom stereocenters. The Kier molecular flexibility index (Phi) is 8.05. The molecule has 1 N–H and O–H groups in total. The molecule has 134 valence electrons. The Morgan fingerprint density at radius 1 is 1.04 bits per heavy atom. The minimum absolute atomic E-state index is 0.0154. The van der Waals surface area contributed by atoms with E-state index in [1.807, 2.05) is 26.0 Å². The molecule has 0 heterocycles. The van der Waals surface area contributed by atoms with E-state index in [2.05, 4.69) is 5.32 Å². The van der Waals surface area contributed by atoms with Crippen molar-refractivity contribution >= 4 is 11.9 Å². The van der Waals surface area contributed by atoms with Crippen LogP contribution in [0, 0.1) is 0 Å². The van der Waals surface area contributed by atoms with E-state index in [1.54, 1.807) is 25.2 Å². The van der Waals surface area contributed by atoms with Gasteiger partial charge >= 0.3 is 5.97 Å². The zero-order valence-corrected chi connectivity index (χ0v) is 14.9. The first-order chi connectivity index (χ1) is 11.4. The zero-order valence-electron chi connectivity index (χ0n) is 14.9. The van der Waals surface area contributed by atoms with Crippen LogP contribution in [-0.2, 0) is 20.9 Å². The van der Waals surface area contributed by atoms with Gasteiger partial charge in [-0.1, -0.05) is 0 Å². The van der Waals surface area contributed by atoms with E-state index in [0.29, 0.717) is 18.0 Å². The second-order valence-electron chi connectivity index (χ2n) is 5.66. The quantitative estimate of drug-likeness (QED) is 0.682. The molecule has 0 saturated carbocycles. The Morgan fingerprint density at radius 3 is 2.08 bits per heavy atom. The topological polar surface area (TPSA) is 77.1 Å². The summed E-state index contributed by atoms with van der Waals surface area (Å²) in [5, 5.41) is 2.81. The Labute approximate surface area is 142 Å². The molecule has 0 aliphatic rings. The minimum atomic E-state index is -0.401. The molecule has 0 bridgehead atoms. The van der Waals surface area contributed by atoms with Gasteiger partial charge < -0.3 is 19.5 Å². The Hall–Kier alpha value is -2.28. The summed E-state index contributed by atoms with van der Waals surface area (Å²) in [7, 11) is 4.46. The second-order valence-corrected chi connectivity index (χ2v) is 5.66. The second kappa shape index (κ2) is 9.77. The molecule has 7 heteroatoms. The van der Waals surface area contributed by atoms with Gasteiger partial charge in [-0.25, -0.2) is 0 Å². The highest BCUT2D eigenvalue weighted by molar-refractivity contribution is 5.79. The standard InChI is InChI=1S/C17H26N2O5/c1-12(2)18-16(20)10-19(11-17(21)24-5)9-13-6-14(22-3)8-15(7-13)23-4/h6-8,12H,9-11H2,1-5H3,(H,18,20). The lowest BCUT2D eigenvalue weighted by Gasteiger charge is -2.22. The summed E-state index contributed by atoms with van der Waals surface area (Å²) in [5.74, 6) is 0.744. The maximum absolute atomic E-state index is 12.0. The van der Waals surface area contributed by atoms with Gasteiger partial charge in [0.1, 0.15) is 11.5 Å². The van der Waals surface area contributed by atoms with Crippen molar-refractivity contribution in [3.63, 3.8) is 0 Å². The molecule has 0 fully saturated rings. The number of rotatable bonds is 9. The molecule has 0 aromatic heterocycles. The molecule has 0 aliphatic carbocycles. The summed E-state index contributed by atoms with van der Waals surface area (Å²) in [6.45, 7) is 4.26. The van der Waals surface area contributed by atoms with Crippen LogP contribution in [0.3, 0.4) is 0 Å². The molecule has 0 spiro atoms. The summed E-state index contributed by atoms with van der Waals surface area (Å²) >= 11 is 0. The molecule has 0 unspecified atom stereocenters. The number of ether oxygens (including phenoxy) is 3. The molecule has 0 saturated heterocycles. The van der Waals surface area contributed by atoms with Gasteiger partial charge in [-0.05, 0) is 31.5 Å². The van der Waals surface area contributed by atoms with Crippen molar-refractivity contribution in [1.29, 1.82) is 0 Å². The Balaban J connectivity index is 2.90. The number of benzene rings is 1. The van der Waals surface area contributed by atoms with Crippen LogP contribution in [0.15, 0.2) is 18.2 Å². The highest BCUT2D eigenvalue weighted by Gasteiger charge is 2.17. The van der Waals surface area contributed by atoms with Crippen LogP contribution in [0.4, 0.5) is 0 Å². The Morgan fingerprint density at radius 2 is 1.62 bits per heavy atom. The maximum Gasteiger partial charge on any atom is 0.319 e. The number of carbonyl (C=O) groups excluding carboxylic acids is 2. The molecule has 1 aromatic rings. The van der Waals surface area contributed by atoms with E-state index >= 15 is 0 Å². The summed E-state index contributed by atoms with van der Waals surface area (Å²) < 4.78 is 15.2. The number of hydrogen-bond acceptors (Lipinski definition) is 6. The average Bonchev–Trinajstić information content (AvgIpc) is 2.53. The fourth-order valence-corrected chi connectivity index (χ4v) is 2.20. The summed E-state index contributed by atoms with van der Waals surface area (Å²) in [6.07, 6.45) is 0. The molecule has 1 amide bonds. The van der Waals surface area contributed by atoms with Crippen LogP contribution >= 0.6 is 0 Å². The van der Waals surface area contributed by atoms with Crippen molar-refractivity contribution in [2.45, 2.75) is 26.4 Å². The first-order valence-corrected chi connectivity index (χ1v) is 7.68. The zero-order chi connectivity index (χ0) is 18.1. The maximum atomic E-state index is 12.0. The number of esters is 1. The molecule has 0 radical (unpaired) electrons. The number of methoxy groups -OCH3 is 3. The first-order valence-electron chi connectivity index (χ1n) is 7.68. The van der Waals surface area contributed by atoms with Gasteiger partial charge in [-0.3, -0.25) is 14.5 Å². The smallest absolute Gasteiger partial charge is 0.319 e. The van der Waals surface area contributed by atoms with Crippen LogP contribution < -0.4 is 14.8 Å². The molecule has 0 aliphatic heterocycles. The van der Waals surface area contributed by atoms with E-state index in [1.165, 1.54) is 7.11 Å². The van der Waals surface area contributed by atoms with Crippen LogP contribution in [0.5, 0.6) is 11.5 Å². The predicted octanol–water partition coefficient (Wildman–Crippen LogP) is 1.20. The van der Waals surface area contributed by atoms with Gasteiger partial charge in [0.2, 0.25) is 5.91 Å². The third-order valence-electron chi connectivity index (χ3n) is 3.21. The number of nitrogens with one attached hydrogen (secondary N) is 1. The lowest BCUT2D eigenvalue weighted by molar-refractivity contribution is -0.142. The lowest BCUT2D eigenvalue weighted by atomic mass is 10.2.